The molecule has 1 aromatic carbocycles. The SMILES string of the molecule is CCC(C)(CC(C)c1ccc(C(C)C)cc1)C(=O)O. The lowest BCUT2D eigenvalue weighted by molar-refractivity contribution is -0.148. The molecule has 1 aromatic rings. The molecule has 0 aliphatic heterocycles. The molecule has 0 heterocycles. The first-order chi connectivity index (χ1) is 8.80. The lowest BCUT2D eigenvalue weighted by atomic mass is 9.77. The van der Waals surface area contributed by atoms with E-state index in [1.165, 1.54) is 11.1 Å². The fourth-order valence-electron chi connectivity index (χ4n) is 2.39. The van der Waals surface area contributed by atoms with Gasteiger partial charge in [0, 0.05) is 0 Å². The van der Waals surface area contributed by atoms with Crippen LogP contribution in [0.15, 0.2) is 24.3 Å². The molecule has 0 aromatic heterocycles. The summed E-state index contributed by atoms with van der Waals surface area (Å²) in [6, 6.07) is 8.58. The molecule has 2 nitrogen and oxygen atoms in total. The molecule has 1 rings (SSSR count). The molecular formula is C17H26O2. The average Bonchev–Trinajstić information content (AvgIpc) is 2.38. The van der Waals surface area contributed by atoms with E-state index in [4.69, 9.17) is 0 Å². The Kier molecular flexibility index (Phi) is 5.16. The molecule has 2 heteroatoms. The van der Waals surface area contributed by atoms with Crippen LogP contribution in [0.5, 0.6) is 0 Å². The monoisotopic (exact) mass is 262 g/mol. The maximum absolute atomic E-state index is 11.4. The number of carboxylic acid groups (broad SMARTS) is 1. The number of carbonyl (C=O) groups is 1. The Hall–Kier alpha value is -1.31. The summed E-state index contributed by atoms with van der Waals surface area (Å²) >= 11 is 0. The second-order valence-electron chi connectivity index (χ2n) is 6.15. The summed E-state index contributed by atoms with van der Waals surface area (Å²) in [5.41, 5.74) is 1.92. The van der Waals surface area contributed by atoms with E-state index in [2.05, 4.69) is 45.0 Å². The maximum Gasteiger partial charge on any atom is 0.309 e. The Morgan fingerprint density at radius 3 is 2.00 bits per heavy atom. The zero-order valence-corrected chi connectivity index (χ0v) is 12.7. The molecule has 1 N–H and O–H groups in total. The molecular weight excluding hydrogens is 236 g/mol. The van der Waals surface area contributed by atoms with Crippen LogP contribution in [0.2, 0.25) is 0 Å². The van der Waals surface area contributed by atoms with E-state index < -0.39 is 11.4 Å². The number of carboxylic acids is 1. The quantitative estimate of drug-likeness (QED) is 0.799. The molecule has 19 heavy (non-hydrogen) atoms. The van der Waals surface area contributed by atoms with Crippen LogP contribution in [0.4, 0.5) is 0 Å². The van der Waals surface area contributed by atoms with E-state index in [0.29, 0.717) is 18.8 Å². The largest absolute Gasteiger partial charge is 0.481 e. The maximum atomic E-state index is 11.4. The van der Waals surface area contributed by atoms with E-state index in [1.54, 1.807) is 0 Å². The second-order valence-corrected chi connectivity index (χ2v) is 6.15. The Morgan fingerprint density at radius 1 is 1.16 bits per heavy atom. The van der Waals surface area contributed by atoms with Gasteiger partial charge in [0.25, 0.3) is 0 Å². The first-order valence-electron chi connectivity index (χ1n) is 7.13. The van der Waals surface area contributed by atoms with E-state index in [0.717, 1.165) is 0 Å². The van der Waals surface area contributed by atoms with Crippen LogP contribution < -0.4 is 0 Å². The third-order valence-electron chi connectivity index (χ3n) is 4.23. The van der Waals surface area contributed by atoms with Gasteiger partial charge in [-0.15, -0.1) is 0 Å². The number of aliphatic carboxylic acids is 1. The van der Waals surface area contributed by atoms with Gasteiger partial charge in [-0.05, 0) is 42.7 Å². The lowest BCUT2D eigenvalue weighted by Gasteiger charge is -2.27. The van der Waals surface area contributed by atoms with Crippen molar-refractivity contribution < 1.29 is 9.90 Å². The standard InChI is InChI=1S/C17H26O2/c1-6-17(5,16(18)19)11-13(4)15-9-7-14(8-10-15)12(2)3/h7-10,12-13H,6,11H2,1-5H3,(H,18,19). The van der Waals surface area contributed by atoms with Crippen molar-refractivity contribution in [1.29, 1.82) is 0 Å². The Balaban J connectivity index is 2.83. The van der Waals surface area contributed by atoms with Crippen molar-refractivity contribution in [2.24, 2.45) is 5.41 Å². The fraction of sp³-hybridized carbons (Fsp3) is 0.588. The van der Waals surface area contributed by atoms with Crippen molar-refractivity contribution >= 4 is 5.97 Å². The van der Waals surface area contributed by atoms with E-state index in [-0.39, 0.29) is 5.92 Å². The average molecular weight is 262 g/mol. The summed E-state index contributed by atoms with van der Waals surface area (Å²) in [4.78, 5) is 11.4. The third kappa shape index (κ3) is 3.82. The highest BCUT2D eigenvalue weighted by atomic mass is 16.4. The van der Waals surface area contributed by atoms with Crippen molar-refractivity contribution in [2.75, 3.05) is 0 Å². The minimum absolute atomic E-state index is 0.266. The van der Waals surface area contributed by atoms with Crippen LogP contribution in [-0.2, 0) is 4.79 Å². The van der Waals surface area contributed by atoms with E-state index in [1.807, 2.05) is 13.8 Å². The molecule has 0 bridgehead atoms. The molecule has 0 fully saturated rings. The molecule has 0 spiro atoms. The normalized spacial score (nSPS) is 16.1. The van der Waals surface area contributed by atoms with Crippen LogP contribution in [0.3, 0.4) is 0 Å². The van der Waals surface area contributed by atoms with Gasteiger partial charge in [0.15, 0.2) is 0 Å². The van der Waals surface area contributed by atoms with Crippen LogP contribution in [0.1, 0.15) is 70.4 Å². The number of hydrogen-bond acceptors (Lipinski definition) is 1. The van der Waals surface area contributed by atoms with Gasteiger partial charge in [0.1, 0.15) is 0 Å². The summed E-state index contributed by atoms with van der Waals surface area (Å²) in [5.74, 6) is 0.104. The number of benzene rings is 1. The first-order valence-corrected chi connectivity index (χ1v) is 7.13. The highest BCUT2D eigenvalue weighted by Gasteiger charge is 2.33. The van der Waals surface area contributed by atoms with Crippen molar-refractivity contribution in [1.82, 2.24) is 0 Å². The Morgan fingerprint density at radius 2 is 1.63 bits per heavy atom. The minimum atomic E-state index is -0.694. The number of rotatable bonds is 6. The highest BCUT2D eigenvalue weighted by molar-refractivity contribution is 5.74. The molecule has 2 unspecified atom stereocenters. The summed E-state index contributed by atoms with van der Waals surface area (Å²) in [6.07, 6.45) is 1.34. The van der Waals surface area contributed by atoms with Gasteiger partial charge in [0.2, 0.25) is 0 Å². The van der Waals surface area contributed by atoms with Gasteiger partial charge >= 0.3 is 5.97 Å². The van der Waals surface area contributed by atoms with Crippen LogP contribution in [-0.4, -0.2) is 11.1 Å². The van der Waals surface area contributed by atoms with Gasteiger partial charge in [-0.3, -0.25) is 4.79 Å². The van der Waals surface area contributed by atoms with Crippen LogP contribution in [0, 0.1) is 5.41 Å². The van der Waals surface area contributed by atoms with Crippen LogP contribution in [0.25, 0.3) is 0 Å². The molecule has 0 saturated heterocycles. The molecule has 0 saturated carbocycles. The lowest BCUT2D eigenvalue weighted by Crippen LogP contribution is -2.28. The Labute approximate surface area is 116 Å². The second kappa shape index (κ2) is 6.23. The van der Waals surface area contributed by atoms with Crippen molar-refractivity contribution in [3.63, 3.8) is 0 Å². The van der Waals surface area contributed by atoms with Gasteiger partial charge in [-0.2, -0.15) is 0 Å². The molecule has 0 amide bonds. The molecule has 0 aliphatic rings. The fourth-order valence-corrected chi connectivity index (χ4v) is 2.39. The molecule has 0 radical (unpaired) electrons. The minimum Gasteiger partial charge on any atom is -0.481 e. The van der Waals surface area contributed by atoms with E-state index in [9.17, 15) is 9.90 Å². The summed E-state index contributed by atoms with van der Waals surface area (Å²) in [7, 11) is 0. The van der Waals surface area contributed by atoms with Gasteiger partial charge in [0.05, 0.1) is 5.41 Å². The smallest absolute Gasteiger partial charge is 0.309 e. The highest BCUT2D eigenvalue weighted by Crippen LogP contribution is 2.35. The molecule has 106 valence electrons. The third-order valence-corrected chi connectivity index (χ3v) is 4.23. The Bertz CT molecular complexity index is 419. The summed E-state index contributed by atoms with van der Waals surface area (Å²) < 4.78 is 0. The predicted molar refractivity (Wildman–Crippen MR) is 79.6 cm³/mol. The topological polar surface area (TPSA) is 37.3 Å². The zero-order valence-electron chi connectivity index (χ0n) is 12.7. The first kappa shape index (κ1) is 15.7. The van der Waals surface area contributed by atoms with Crippen LogP contribution >= 0.6 is 0 Å². The molecule has 0 aliphatic carbocycles. The predicted octanol–water partition coefficient (Wildman–Crippen LogP) is 4.80. The van der Waals surface area contributed by atoms with Crippen molar-refractivity contribution in [3.05, 3.63) is 35.4 Å². The van der Waals surface area contributed by atoms with Gasteiger partial charge in [-0.25, -0.2) is 0 Å². The number of hydrogen-bond donors (Lipinski definition) is 1. The zero-order chi connectivity index (χ0) is 14.6. The molecule has 2 atom stereocenters. The van der Waals surface area contributed by atoms with Gasteiger partial charge < -0.3 is 5.11 Å². The van der Waals surface area contributed by atoms with Gasteiger partial charge in [-0.1, -0.05) is 52.0 Å². The summed E-state index contributed by atoms with van der Waals surface area (Å²) in [6.45, 7) is 10.3. The van der Waals surface area contributed by atoms with Crippen molar-refractivity contribution in [2.45, 2.75) is 59.3 Å². The summed E-state index contributed by atoms with van der Waals surface area (Å²) in [5, 5.41) is 9.35. The van der Waals surface area contributed by atoms with Crippen molar-refractivity contribution in [3.8, 4) is 0 Å². The van der Waals surface area contributed by atoms with E-state index >= 15 is 0 Å².